The van der Waals surface area contributed by atoms with Crippen molar-refractivity contribution < 1.29 is 24.5 Å². The number of aliphatic carboxylic acids is 1. The van der Waals surface area contributed by atoms with E-state index < -0.39 is 12.1 Å². The fourth-order valence-electron chi connectivity index (χ4n) is 3.85. The predicted octanol–water partition coefficient (Wildman–Crippen LogP) is 3.01. The molecule has 5 heteroatoms. The second-order valence-electron chi connectivity index (χ2n) is 7.86. The molecule has 2 bridgehead atoms. The van der Waals surface area contributed by atoms with Gasteiger partial charge in [0, 0.05) is 11.8 Å². The van der Waals surface area contributed by atoms with Crippen LogP contribution in [0.15, 0.2) is 12.2 Å². The summed E-state index contributed by atoms with van der Waals surface area (Å²) in [5.41, 5.74) is -0.139. The van der Waals surface area contributed by atoms with Gasteiger partial charge < -0.3 is 19.7 Å². The summed E-state index contributed by atoms with van der Waals surface area (Å²) in [5.74, 6) is -0.557. The van der Waals surface area contributed by atoms with E-state index >= 15 is 0 Å². The van der Waals surface area contributed by atoms with Crippen LogP contribution >= 0.6 is 0 Å². The van der Waals surface area contributed by atoms with Crippen molar-refractivity contribution in [3.8, 4) is 0 Å². The zero-order valence-electron chi connectivity index (χ0n) is 15.1. The van der Waals surface area contributed by atoms with E-state index in [2.05, 4.69) is 26.8 Å². The van der Waals surface area contributed by atoms with E-state index in [0.717, 1.165) is 32.1 Å². The highest BCUT2D eigenvalue weighted by Gasteiger charge is 2.47. The maximum atomic E-state index is 10.6. The Bertz CT molecular complexity index is 445. The molecule has 138 valence electrons. The fraction of sp³-hybridized carbons (Fsp3) is 0.842. The SMILES string of the molecule is CCCCC(C)(C)C(O)/C=C/[C@@H]1[C@H](COCC(=O)O)[C@@H]2CC[C@H]1O2. The van der Waals surface area contributed by atoms with Gasteiger partial charge in [-0.2, -0.15) is 0 Å². The average Bonchev–Trinajstić information content (AvgIpc) is 3.12. The molecule has 2 rings (SSSR count). The van der Waals surface area contributed by atoms with Crippen molar-refractivity contribution in [1.29, 1.82) is 0 Å². The van der Waals surface area contributed by atoms with Gasteiger partial charge in [-0.3, -0.25) is 0 Å². The quantitative estimate of drug-likeness (QED) is 0.598. The molecule has 0 aromatic heterocycles. The van der Waals surface area contributed by atoms with Crippen LogP contribution < -0.4 is 0 Å². The summed E-state index contributed by atoms with van der Waals surface area (Å²) < 4.78 is 11.3. The molecule has 0 spiro atoms. The third kappa shape index (κ3) is 4.80. The minimum Gasteiger partial charge on any atom is -0.480 e. The van der Waals surface area contributed by atoms with E-state index in [0.29, 0.717) is 6.61 Å². The maximum Gasteiger partial charge on any atom is 0.329 e. The summed E-state index contributed by atoms with van der Waals surface area (Å²) in [7, 11) is 0. The van der Waals surface area contributed by atoms with Crippen molar-refractivity contribution in [3.05, 3.63) is 12.2 Å². The van der Waals surface area contributed by atoms with E-state index in [-0.39, 0.29) is 36.1 Å². The number of hydrogen-bond donors (Lipinski definition) is 2. The van der Waals surface area contributed by atoms with Crippen LogP contribution in [0.2, 0.25) is 0 Å². The summed E-state index contributed by atoms with van der Waals surface area (Å²) in [6.45, 7) is 6.49. The van der Waals surface area contributed by atoms with Gasteiger partial charge in [-0.15, -0.1) is 0 Å². The number of carboxylic acid groups (broad SMARTS) is 1. The first-order chi connectivity index (χ1) is 11.3. The van der Waals surface area contributed by atoms with Gasteiger partial charge in [0.2, 0.25) is 0 Å². The van der Waals surface area contributed by atoms with E-state index in [4.69, 9.17) is 14.6 Å². The zero-order valence-corrected chi connectivity index (χ0v) is 15.1. The lowest BCUT2D eigenvalue weighted by Gasteiger charge is -2.30. The highest BCUT2D eigenvalue weighted by atomic mass is 16.5. The summed E-state index contributed by atoms with van der Waals surface area (Å²) >= 11 is 0. The molecule has 0 saturated carbocycles. The van der Waals surface area contributed by atoms with Gasteiger partial charge in [0.05, 0.1) is 24.9 Å². The topological polar surface area (TPSA) is 76.0 Å². The van der Waals surface area contributed by atoms with E-state index in [1.807, 2.05) is 6.08 Å². The number of unbranched alkanes of at least 4 members (excludes halogenated alkanes) is 1. The predicted molar refractivity (Wildman–Crippen MR) is 91.8 cm³/mol. The molecule has 2 heterocycles. The monoisotopic (exact) mass is 340 g/mol. The first-order valence-corrected chi connectivity index (χ1v) is 9.16. The molecular weight excluding hydrogens is 308 g/mol. The van der Waals surface area contributed by atoms with Crippen molar-refractivity contribution in [2.24, 2.45) is 17.3 Å². The lowest BCUT2D eigenvalue weighted by Crippen LogP contribution is -2.32. The molecule has 2 fully saturated rings. The largest absolute Gasteiger partial charge is 0.480 e. The summed E-state index contributed by atoms with van der Waals surface area (Å²) in [6, 6.07) is 0. The van der Waals surface area contributed by atoms with Crippen LogP contribution in [0.3, 0.4) is 0 Å². The van der Waals surface area contributed by atoms with Crippen LogP contribution in [0, 0.1) is 17.3 Å². The second kappa shape index (κ2) is 8.45. The lowest BCUT2D eigenvalue weighted by molar-refractivity contribution is -0.143. The third-order valence-corrected chi connectivity index (χ3v) is 5.51. The Hall–Kier alpha value is -0.910. The standard InChI is InChI=1S/C19H32O5/c1-4-5-10-19(2,3)17(20)9-6-13-14(11-23-12-18(21)22)16-8-7-15(13)24-16/h6,9,13-17,20H,4-5,7-8,10-12H2,1-3H3,(H,21,22)/b9-6+/t13-,14+,15-,16+,17?/m1/s1. The van der Waals surface area contributed by atoms with Crippen molar-refractivity contribution in [1.82, 2.24) is 0 Å². The van der Waals surface area contributed by atoms with Crippen LogP contribution in [0.5, 0.6) is 0 Å². The maximum absolute atomic E-state index is 10.6. The Balaban J connectivity index is 1.94. The third-order valence-electron chi connectivity index (χ3n) is 5.51. The molecule has 0 amide bonds. The highest BCUT2D eigenvalue weighted by Crippen LogP contribution is 2.44. The molecular formula is C19H32O5. The van der Waals surface area contributed by atoms with Gasteiger partial charge in [0.15, 0.2) is 0 Å². The van der Waals surface area contributed by atoms with Gasteiger partial charge in [-0.1, -0.05) is 45.8 Å². The Morgan fingerprint density at radius 3 is 2.75 bits per heavy atom. The van der Waals surface area contributed by atoms with Crippen LogP contribution in [0.4, 0.5) is 0 Å². The molecule has 0 radical (unpaired) electrons. The van der Waals surface area contributed by atoms with Crippen molar-refractivity contribution in [3.63, 3.8) is 0 Å². The zero-order chi connectivity index (χ0) is 17.7. The Kier molecular flexibility index (Phi) is 6.84. The van der Waals surface area contributed by atoms with Gasteiger partial charge >= 0.3 is 5.97 Å². The minimum absolute atomic E-state index is 0.139. The van der Waals surface area contributed by atoms with Gasteiger partial charge in [0.1, 0.15) is 6.61 Å². The summed E-state index contributed by atoms with van der Waals surface area (Å²) in [5, 5.41) is 19.3. The molecule has 5 atom stereocenters. The number of rotatable bonds is 10. The molecule has 0 aliphatic carbocycles. The number of hydrogen-bond acceptors (Lipinski definition) is 4. The minimum atomic E-state index is -0.945. The van der Waals surface area contributed by atoms with Gasteiger partial charge in [-0.25, -0.2) is 4.79 Å². The Morgan fingerprint density at radius 1 is 1.38 bits per heavy atom. The summed E-state index contributed by atoms with van der Waals surface area (Å²) in [6.07, 6.45) is 9.12. The first kappa shape index (κ1) is 19.4. The molecule has 0 aromatic carbocycles. The molecule has 2 aliphatic heterocycles. The van der Waals surface area contributed by atoms with Crippen molar-refractivity contribution >= 4 is 5.97 Å². The van der Waals surface area contributed by atoms with E-state index in [1.54, 1.807) is 0 Å². The lowest BCUT2D eigenvalue weighted by atomic mass is 9.77. The van der Waals surface area contributed by atoms with E-state index in [9.17, 15) is 9.90 Å². The number of carboxylic acids is 1. The van der Waals surface area contributed by atoms with Crippen LogP contribution in [-0.2, 0) is 14.3 Å². The first-order valence-electron chi connectivity index (χ1n) is 9.16. The average molecular weight is 340 g/mol. The van der Waals surface area contributed by atoms with Crippen LogP contribution in [0.1, 0.15) is 52.9 Å². The van der Waals surface area contributed by atoms with Gasteiger partial charge in [0.25, 0.3) is 0 Å². The molecule has 24 heavy (non-hydrogen) atoms. The number of aliphatic hydroxyl groups excluding tert-OH is 1. The molecule has 2 saturated heterocycles. The number of aliphatic hydroxyl groups is 1. The number of fused-ring (bicyclic) bond motifs is 2. The second-order valence-corrected chi connectivity index (χ2v) is 7.86. The molecule has 2 aliphatic rings. The van der Waals surface area contributed by atoms with E-state index in [1.165, 1.54) is 0 Å². The molecule has 5 nitrogen and oxygen atoms in total. The molecule has 1 unspecified atom stereocenters. The Labute approximate surface area is 145 Å². The van der Waals surface area contributed by atoms with Crippen LogP contribution in [0.25, 0.3) is 0 Å². The van der Waals surface area contributed by atoms with Crippen molar-refractivity contribution in [2.45, 2.75) is 71.2 Å². The molecule has 0 aromatic rings. The number of ether oxygens (including phenoxy) is 2. The van der Waals surface area contributed by atoms with Gasteiger partial charge in [-0.05, 0) is 24.7 Å². The number of carbonyl (C=O) groups is 1. The summed E-state index contributed by atoms with van der Waals surface area (Å²) in [4.78, 5) is 10.6. The highest BCUT2D eigenvalue weighted by molar-refractivity contribution is 5.67. The molecule has 2 N–H and O–H groups in total. The van der Waals surface area contributed by atoms with Crippen LogP contribution in [-0.4, -0.2) is 47.7 Å². The smallest absolute Gasteiger partial charge is 0.329 e. The van der Waals surface area contributed by atoms with Crippen molar-refractivity contribution in [2.75, 3.05) is 13.2 Å². The Morgan fingerprint density at radius 2 is 2.08 bits per heavy atom. The fourth-order valence-corrected chi connectivity index (χ4v) is 3.85. The normalized spacial score (nSPS) is 31.0.